The second-order valence-electron chi connectivity index (χ2n) is 6.35. The van der Waals surface area contributed by atoms with Crippen molar-refractivity contribution in [3.8, 4) is 0 Å². The molecule has 31 heavy (non-hydrogen) atoms. The van der Waals surface area contributed by atoms with E-state index in [9.17, 15) is 24.7 Å². The van der Waals surface area contributed by atoms with Crippen molar-refractivity contribution in [1.29, 1.82) is 0 Å². The van der Waals surface area contributed by atoms with Crippen molar-refractivity contribution in [1.82, 2.24) is 34.8 Å². The lowest BCUT2D eigenvalue weighted by Gasteiger charge is -2.49. The lowest BCUT2D eigenvalue weighted by molar-refractivity contribution is -0.150. The van der Waals surface area contributed by atoms with Gasteiger partial charge in [0.15, 0.2) is 5.71 Å². The molecule has 2 aliphatic rings. The molecule has 0 bridgehead atoms. The second kappa shape index (κ2) is 8.64. The van der Waals surface area contributed by atoms with Gasteiger partial charge in [-0.2, -0.15) is 0 Å². The van der Waals surface area contributed by atoms with E-state index in [0.717, 1.165) is 11.5 Å². The quantitative estimate of drug-likeness (QED) is 0.151. The summed E-state index contributed by atoms with van der Waals surface area (Å²) in [4.78, 5) is 38.3. The Labute approximate surface area is 186 Å². The van der Waals surface area contributed by atoms with Gasteiger partial charge in [0.05, 0.1) is 6.20 Å². The summed E-state index contributed by atoms with van der Waals surface area (Å²) in [5.41, 5.74) is 0.500. The number of carboxylic acid groups (broad SMARTS) is 1. The third kappa shape index (κ3) is 3.88. The maximum absolute atomic E-state index is 12.7. The molecule has 2 aliphatic heterocycles. The van der Waals surface area contributed by atoms with E-state index in [1.807, 2.05) is 0 Å². The van der Waals surface area contributed by atoms with Crippen LogP contribution >= 0.6 is 35.1 Å². The van der Waals surface area contributed by atoms with Crippen LogP contribution in [0.15, 0.2) is 33.2 Å². The smallest absolute Gasteiger partial charge is 0.352 e. The van der Waals surface area contributed by atoms with Gasteiger partial charge in [-0.1, -0.05) is 16.9 Å². The molecule has 1 saturated heterocycles. The predicted octanol–water partition coefficient (Wildman–Crippen LogP) is -0.624. The van der Waals surface area contributed by atoms with Crippen LogP contribution in [0.4, 0.5) is 0 Å². The molecule has 2 aromatic heterocycles. The summed E-state index contributed by atoms with van der Waals surface area (Å²) in [5.74, 6) is -1.87. The number of fused-ring (bicyclic) bond motifs is 1. The molecule has 0 aliphatic carbocycles. The highest BCUT2D eigenvalue weighted by Gasteiger charge is 2.54. The highest BCUT2D eigenvalue weighted by Crippen LogP contribution is 2.41. The fraction of sp³-hybridized carbons (Fsp3) is 0.333. The number of tetrazole rings is 1. The number of thioether (sulfide) groups is 2. The van der Waals surface area contributed by atoms with Crippen molar-refractivity contribution in [2.75, 3.05) is 11.5 Å². The van der Waals surface area contributed by atoms with Gasteiger partial charge in [0.1, 0.15) is 17.1 Å². The number of rotatable bonds is 7. The first-order valence-electron chi connectivity index (χ1n) is 8.60. The van der Waals surface area contributed by atoms with E-state index in [0.29, 0.717) is 27.8 Å². The standard InChI is InChI=1S/C15H14N8O5S3/c1-22-15(18-20-21-22)30-4-7-3-29-13-9(12(25)23(13)10(7)14(26)27)17-11(24)8(19-28)6-2-16-31-5-6/h2,5,9,13,28H,3-4H2,1H3,(H,17,24)(H,26,27)/t9?,13-/m1/s1. The van der Waals surface area contributed by atoms with Crippen molar-refractivity contribution in [3.05, 3.63) is 28.4 Å². The molecule has 0 spiro atoms. The molecule has 2 aromatic rings. The number of oxime groups is 1. The summed E-state index contributed by atoms with van der Waals surface area (Å²) in [6.45, 7) is 0. The number of nitrogens with one attached hydrogen (secondary N) is 1. The Balaban J connectivity index is 1.49. The second-order valence-corrected chi connectivity index (χ2v) is 9.06. The number of carbonyl (C=O) groups excluding carboxylic acids is 2. The largest absolute Gasteiger partial charge is 0.477 e. The zero-order valence-electron chi connectivity index (χ0n) is 15.7. The molecule has 4 heterocycles. The Bertz CT molecular complexity index is 1100. The van der Waals surface area contributed by atoms with Gasteiger partial charge in [-0.3, -0.25) is 14.5 Å². The van der Waals surface area contributed by atoms with E-state index >= 15 is 0 Å². The number of carboxylic acids is 1. The maximum atomic E-state index is 12.7. The average molecular weight is 483 g/mol. The third-order valence-electron chi connectivity index (χ3n) is 4.51. The highest BCUT2D eigenvalue weighted by molar-refractivity contribution is 8.01. The van der Waals surface area contributed by atoms with Gasteiger partial charge in [0.2, 0.25) is 5.16 Å². The molecule has 0 saturated carbocycles. The van der Waals surface area contributed by atoms with Crippen LogP contribution < -0.4 is 5.32 Å². The molecule has 4 rings (SSSR count). The Morgan fingerprint density at radius 1 is 1.45 bits per heavy atom. The molecule has 162 valence electrons. The van der Waals surface area contributed by atoms with Crippen molar-refractivity contribution >= 4 is 58.6 Å². The van der Waals surface area contributed by atoms with Crippen LogP contribution in [-0.4, -0.2) is 86.2 Å². The number of aromatic nitrogens is 5. The van der Waals surface area contributed by atoms with E-state index in [2.05, 4.69) is 30.4 Å². The number of aryl methyl sites for hydroxylation is 1. The number of nitrogens with zero attached hydrogens (tertiary/aromatic N) is 7. The van der Waals surface area contributed by atoms with E-state index in [-0.39, 0.29) is 11.4 Å². The first-order chi connectivity index (χ1) is 14.9. The molecule has 2 amide bonds. The molecule has 1 unspecified atom stereocenters. The van der Waals surface area contributed by atoms with Crippen molar-refractivity contribution in [2.45, 2.75) is 16.6 Å². The number of carbonyl (C=O) groups is 3. The minimum absolute atomic E-state index is 0.0973. The fourth-order valence-corrected chi connectivity index (χ4v) is 5.91. The zero-order valence-corrected chi connectivity index (χ0v) is 18.1. The fourth-order valence-electron chi connectivity index (χ4n) is 3.06. The molecule has 1 fully saturated rings. The number of amides is 2. The van der Waals surface area contributed by atoms with Gasteiger partial charge in [0, 0.05) is 29.5 Å². The Morgan fingerprint density at radius 2 is 2.26 bits per heavy atom. The van der Waals surface area contributed by atoms with E-state index in [4.69, 9.17) is 0 Å². The third-order valence-corrected chi connectivity index (χ3v) is 7.54. The number of hydrogen-bond donors (Lipinski definition) is 3. The van der Waals surface area contributed by atoms with Gasteiger partial charge >= 0.3 is 5.97 Å². The van der Waals surface area contributed by atoms with Crippen LogP contribution in [-0.2, 0) is 21.4 Å². The molecule has 0 aromatic carbocycles. The van der Waals surface area contributed by atoms with Gasteiger partial charge in [0.25, 0.3) is 11.8 Å². The number of aliphatic carboxylic acids is 1. The first-order valence-corrected chi connectivity index (χ1v) is 11.5. The van der Waals surface area contributed by atoms with Gasteiger partial charge in [-0.05, 0) is 27.5 Å². The van der Waals surface area contributed by atoms with Gasteiger partial charge in [-0.25, -0.2) is 13.8 Å². The minimum Gasteiger partial charge on any atom is -0.477 e. The summed E-state index contributed by atoms with van der Waals surface area (Å²) in [6.07, 6.45) is 1.37. The van der Waals surface area contributed by atoms with Crippen LogP contribution in [0.1, 0.15) is 5.56 Å². The van der Waals surface area contributed by atoms with Crippen molar-refractivity contribution in [3.63, 3.8) is 0 Å². The van der Waals surface area contributed by atoms with Crippen LogP contribution in [0.5, 0.6) is 0 Å². The number of hydrogen-bond acceptors (Lipinski definition) is 12. The van der Waals surface area contributed by atoms with Gasteiger partial charge in [-0.15, -0.1) is 16.9 Å². The Morgan fingerprint density at radius 3 is 2.87 bits per heavy atom. The Hall–Kier alpha value is -2.98. The summed E-state index contributed by atoms with van der Waals surface area (Å²) >= 11 is 3.68. The molecular weight excluding hydrogens is 468 g/mol. The summed E-state index contributed by atoms with van der Waals surface area (Å²) in [7, 11) is 1.67. The van der Waals surface area contributed by atoms with Gasteiger partial charge < -0.3 is 15.6 Å². The van der Waals surface area contributed by atoms with E-state index < -0.39 is 29.2 Å². The molecule has 0 radical (unpaired) electrons. The van der Waals surface area contributed by atoms with Crippen molar-refractivity contribution in [2.24, 2.45) is 12.2 Å². The summed E-state index contributed by atoms with van der Waals surface area (Å²) in [6, 6.07) is -0.938. The van der Waals surface area contributed by atoms with Crippen LogP contribution in [0.25, 0.3) is 0 Å². The average Bonchev–Trinajstić information content (AvgIpc) is 3.42. The minimum atomic E-state index is -1.22. The Kier molecular flexibility index (Phi) is 5.92. The monoisotopic (exact) mass is 482 g/mol. The summed E-state index contributed by atoms with van der Waals surface area (Å²) in [5, 5.41) is 37.0. The molecule has 16 heteroatoms. The normalized spacial score (nSPS) is 21.0. The van der Waals surface area contributed by atoms with Crippen molar-refractivity contribution < 1.29 is 24.7 Å². The lowest BCUT2D eigenvalue weighted by Crippen LogP contribution is -2.71. The molecular formula is C15H14N8O5S3. The predicted molar refractivity (Wildman–Crippen MR) is 110 cm³/mol. The molecule has 13 nitrogen and oxygen atoms in total. The highest BCUT2D eigenvalue weighted by atomic mass is 32.2. The first kappa shape index (κ1) is 21.3. The summed E-state index contributed by atoms with van der Waals surface area (Å²) < 4.78 is 5.32. The topological polar surface area (TPSA) is 176 Å². The van der Waals surface area contributed by atoms with E-state index in [1.54, 1.807) is 7.05 Å². The maximum Gasteiger partial charge on any atom is 0.352 e. The zero-order chi connectivity index (χ0) is 22.1. The van der Waals surface area contributed by atoms with Crippen LogP contribution in [0.2, 0.25) is 0 Å². The SMILES string of the molecule is Cn1nnnc1SCC1=C(C(=O)O)N2C(=O)C(NC(=O)C(=NO)c3cnsc3)[C@H]2SC1. The van der Waals surface area contributed by atoms with Crippen LogP contribution in [0.3, 0.4) is 0 Å². The van der Waals surface area contributed by atoms with E-state index in [1.165, 1.54) is 44.7 Å². The number of β-lactam (4-membered cyclic amide) rings is 1. The van der Waals surface area contributed by atoms with Crippen LogP contribution in [0, 0.1) is 0 Å². The molecule has 3 N–H and O–H groups in total. The lowest BCUT2D eigenvalue weighted by atomic mass is 10.0. The molecule has 2 atom stereocenters.